The first-order valence-electron chi connectivity index (χ1n) is 7.93. The first-order valence-corrected chi connectivity index (χ1v) is 9.37. The Morgan fingerprint density at radius 3 is 2.62 bits per heavy atom. The van der Waals surface area contributed by atoms with Crippen LogP contribution in [0, 0.1) is 0 Å². The second-order valence-electron chi connectivity index (χ2n) is 6.09. The van der Waals surface area contributed by atoms with Crippen LogP contribution in [0.3, 0.4) is 0 Å². The zero-order chi connectivity index (χ0) is 15.9. The minimum atomic E-state index is -3.45. The minimum Gasteiger partial charge on any atom is -0.374 e. The number of rotatable bonds is 9. The van der Waals surface area contributed by atoms with Crippen LogP contribution < -0.4 is 10.0 Å². The first-order chi connectivity index (χ1) is 9.82. The highest BCUT2D eigenvalue weighted by Crippen LogP contribution is 2.20. The van der Waals surface area contributed by atoms with Crippen LogP contribution >= 0.6 is 0 Å². The standard InChI is InChI=1S/C14H31N3O3S/c1-5-15-11-13-9-7-8-10-17(13)21(18,19)16-12-14(3,4)20-6-2/h13,15-16H,5-12H2,1-4H3. The van der Waals surface area contributed by atoms with Crippen molar-refractivity contribution in [3.05, 3.63) is 0 Å². The van der Waals surface area contributed by atoms with E-state index in [-0.39, 0.29) is 12.6 Å². The summed E-state index contributed by atoms with van der Waals surface area (Å²) >= 11 is 0. The van der Waals surface area contributed by atoms with Crippen LogP contribution in [0.5, 0.6) is 0 Å². The maximum absolute atomic E-state index is 12.5. The SMILES string of the molecule is CCNCC1CCCCN1S(=O)(=O)NCC(C)(C)OCC. The van der Waals surface area contributed by atoms with Crippen molar-refractivity contribution in [2.24, 2.45) is 0 Å². The van der Waals surface area contributed by atoms with Crippen molar-refractivity contribution >= 4 is 10.2 Å². The largest absolute Gasteiger partial charge is 0.374 e. The summed E-state index contributed by atoms with van der Waals surface area (Å²) in [6.07, 6.45) is 2.94. The molecule has 1 unspecified atom stereocenters. The highest BCUT2D eigenvalue weighted by Gasteiger charge is 2.33. The smallest absolute Gasteiger partial charge is 0.279 e. The quantitative estimate of drug-likeness (QED) is 0.667. The zero-order valence-corrected chi connectivity index (χ0v) is 14.6. The van der Waals surface area contributed by atoms with E-state index >= 15 is 0 Å². The molecule has 0 aromatic carbocycles. The lowest BCUT2D eigenvalue weighted by Crippen LogP contribution is -2.54. The normalized spacial score (nSPS) is 21.6. The van der Waals surface area contributed by atoms with Gasteiger partial charge in [-0.25, -0.2) is 0 Å². The topological polar surface area (TPSA) is 70.7 Å². The molecule has 1 rings (SSSR count). The van der Waals surface area contributed by atoms with Gasteiger partial charge in [-0.05, 0) is 40.2 Å². The second-order valence-corrected chi connectivity index (χ2v) is 7.79. The molecule has 1 fully saturated rings. The van der Waals surface area contributed by atoms with Crippen LogP contribution in [0.15, 0.2) is 0 Å². The molecule has 0 radical (unpaired) electrons. The summed E-state index contributed by atoms with van der Waals surface area (Å²) in [4.78, 5) is 0. The van der Waals surface area contributed by atoms with E-state index in [1.165, 1.54) is 0 Å². The zero-order valence-electron chi connectivity index (χ0n) is 13.8. The van der Waals surface area contributed by atoms with Crippen LogP contribution in [0.4, 0.5) is 0 Å². The van der Waals surface area contributed by atoms with Gasteiger partial charge in [-0.15, -0.1) is 0 Å². The first kappa shape index (κ1) is 18.8. The van der Waals surface area contributed by atoms with Gasteiger partial charge in [-0.2, -0.15) is 17.4 Å². The van der Waals surface area contributed by atoms with Gasteiger partial charge in [-0.3, -0.25) is 0 Å². The third kappa shape index (κ3) is 6.20. The third-order valence-electron chi connectivity index (χ3n) is 3.73. The summed E-state index contributed by atoms with van der Waals surface area (Å²) in [7, 11) is -3.45. The summed E-state index contributed by atoms with van der Waals surface area (Å²) in [5, 5.41) is 3.25. The Morgan fingerprint density at radius 2 is 2.00 bits per heavy atom. The van der Waals surface area contributed by atoms with Crippen molar-refractivity contribution in [3.8, 4) is 0 Å². The summed E-state index contributed by atoms with van der Waals surface area (Å²) in [6.45, 7) is 10.8. The van der Waals surface area contributed by atoms with E-state index in [1.54, 1.807) is 4.31 Å². The molecular weight excluding hydrogens is 290 g/mol. The number of nitrogens with zero attached hydrogens (tertiary/aromatic N) is 1. The lowest BCUT2D eigenvalue weighted by molar-refractivity contribution is -0.00550. The average Bonchev–Trinajstić information content (AvgIpc) is 2.43. The van der Waals surface area contributed by atoms with Gasteiger partial charge in [0.15, 0.2) is 0 Å². The van der Waals surface area contributed by atoms with Crippen molar-refractivity contribution in [1.82, 2.24) is 14.3 Å². The molecule has 0 spiro atoms. The summed E-state index contributed by atoms with van der Waals surface area (Å²) in [6, 6.07) is 0.0476. The van der Waals surface area contributed by atoms with Gasteiger partial charge >= 0.3 is 0 Å². The lowest BCUT2D eigenvalue weighted by Gasteiger charge is -2.35. The number of hydrogen-bond acceptors (Lipinski definition) is 4. The van der Waals surface area contributed by atoms with Crippen molar-refractivity contribution in [2.75, 3.05) is 32.8 Å². The second kappa shape index (κ2) is 8.43. The molecule has 2 N–H and O–H groups in total. The molecule has 0 amide bonds. The molecule has 6 nitrogen and oxygen atoms in total. The van der Waals surface area contributed by atoms with Crippen molar-refractivity contribution in [3.63, 3.8) is 0 Å². The Balaban J connectivity index is 2.65. The van der Waals surface area contributed by atoms with E-state index in [0.717, 1.165) is 25.8 Å². The van der Waals surface area contributed by atoms with Crippen LogP contribution in [0.2, 0.25) is 0 Å². The van der Waals surface area contributed by atoms with Gasteiger partial charge in [-0.1, -0.05) is 13.3 Å². The van der Waals surface area contributed by atoms with Crippen LogP contribution in [0.1, 0.15) is 47.0 Å². The Hall–Kier alpha value is -0.210. The number of piperidine rings is 1. The van der Waals surface area contributed by atoms with Gasteiger partial charge in [0.25, 0.3) is 10.2 Å². The maximum atomic E-state index is 12.5. The molecule has 1 aliphatic heterocycles. The van der Waals surface area contributed by atoms with Gasteiger partial charge in [0.1, 0.15) is 0 Å². The van der Waals surface area contributed by atoms with Crippen LogP contribution in [-0.4, -0.2) is 57.2 Å². The summed E-state index contributed by atoms with van der Waals surface area (Å²) in [5.41, 5.74) is -0.491. The molecule has 0 bridgehead atoms. The molecule has 1 heterocycles. The Labute approximate surface area is 129 Å². The molecule has 0 aromatic rings. The van der Waals surface area contributed by atoms with E-state index in [1.807, 2.05) is 27.7 Å². The lowest BCUT2D eigenvalue weighted by atomic mass is 10.1. The predicted octanol–water partition coefficient (Wildman–Crippen LogP) is 1.10. The van der Waals surface area contributed by atoms with Gasteiger partial charge < -0.3 is 10.1 Å². The number of hydrogen-bond donors (Lipinski definition) is 2. The predicted molar refractivity (Wildman–Crippen MR) is 85.5 cm³/mol. The Morgan fingerprint density at radius 1 is 1.29 bits per heavy atom. The van der Waals surface area contributed by atoms with E-state index in [0.29, 0.717) is 19.7 Å². The van der Waals surface area contributed by atoms with Gasteiger partial charge in [0.05, 0.1) is 5.60 Å². The highest BCUT2D eigenvalue weighted by atomic mass is 32.2. The van der Waals surface area contributed by atoms with E-state index in [4.69, 9.17) is 4.74 Å². The fourth-order valence-corrected chi connectivity index (χ4v) is 4.23. The monoisotopic (exact) mass is 321 g/mol. The fraction of sp³-hybridized carbons (Fsp3) is 1.00. The van der Waals surface area contributed by atoms with E-state index in [2.05, 4.69) is 10.0 Å². The molecule has 7 heteroatoms. The molecule has 1 atom stereocenters. The van der Waals surface area contributed by atoms with Gasteiger partial charge in [0.2, 0.25) is 0 Å². The summed E-state index contributed by atoms with van der Waals surface area (Å²) in [5.74, 6) is 0. The molecule has 21 heavy (non-hydrogen) atoms. The average molecular weight is 321 g/mol. The van der Waals surface area contributed by atoms with Crippen molar-refractivity contribution in [1.29, 1.82) is 0 Å². The molecular formula is C14H31N3O3S. The van der Waals surface area contributed by atoms with Crippen LogP contribution in [0.25, 0.3) is 0 Å². The Bertz CT molecular complexity index is 398. The van der Waals surface area contributed by atoms with Crippen molar-refractivity contribution in [2.45, 2.75) is 58.6 Å². The highest BCUT2D eigenvalue weighted by molar-refractivity contribution is 7.87. The van der Waals surface area contributed by atoms with E-state index in [9.17, 15) is 8.42 Å². The molecule has 126 valence electrons. The molecule has 0 aromatic heterocycles. The van der Waals surface area contributed by atoms with Gasteiger partial charge in [0, 0.05) is 32.3 Å². The molecule has 1 saturated heterocycles. The van der Waals surface area contributed by atoms with Crippen LogP contribution in [-0.2, 0) is 14.9 Å². The minimum absolute atomic E-state index is 0.0476. The molecule has 0 aliphatic carbocycles. The molecule has 0 saturated carbocycles. The number of likely N-dealkylation sites (N-methyl/N-ethyl adjacent to an activating group) is 1. The fourth-order valence-electron chi connectivity index (χ4n) is 2.60. The number of nitrogens with one attached hydrogen (secondary N) is 2. The number of ether oxygens (including phenoxy) is 1. The third-order valence-corrected chi connectivity index (χ3v) is 5.33. The van der Waals surface area contributed by atoms with E-state index < -0.39 is 15.8 Å². The maximum Gasteiger partial charge on any atom is 0.279 e. The Kier molecular flexibility index (Phi) is 7.56. The molecule has 1 aliphatic rings. The summed E-state index contributed by atoms with van der Waals surface area (Å²) < 4.78 is 34.9. The van der Waals surface area contributed by atoms with Crippen molar-refractivity contribution < 1.29 is 13.2 Å².